The van der Waals surface area contributed by atoms with Crippen LogP contribution in [0.2, 0.25) is 0 Å². The molecule has 0 aliphatic heterocycles. The van der Waals surface area contributed by atoms with Gasteiger partial charge in [0.25, 0.3) is 5.56 Å². The highest BCUT2D eigenvalue weighted by molar-refractivity contribution is 5.60. The minimum Gasteiger partial charge on any atom is -0.326 e. The van der Waals surface area contributed by atoms with E-state index in [0.29, 0.717) is 5.56 Å². The van der Waals surface area contributed by atoms with Gasteiger partial charge in [0.1, 0.15) is 5.82 Å². The SMILES string of the molecule is NCc1ccc(-c2ccc(F)cc2)n(C2CCCCC2)c1=O. The van der Waals surface area contributed by atoms with Crippen LogP contribution in [0.5, 0.6) is 0 Å². The third-order valence-corrected chi connectivity index (χ3v) is 4.50. The van der Waals surface area contributed by atoms with Gasteiger partial charge in [0.15, 0.2) is 0 Å². The molecule has 0 spiro atoms. The van der Waals surface area contributed by atoms with Crippen LogP contribution in [-0.4, -0.2) is 4.57 Å². The summed E-state index contributed by atoms with van der Waals surface area (Å²) in [5, 5.41) is 0. The van der Waals surface area contributed by atoms with Crippen molar-refractivity contribution in [1.82, 2.24) is 4.57 Å². The third kappa shape index (κ3) is 2.83. The smallest absolute Gasteiger partial charge is 0.255 e. The number of rotatable bonds is 3. The monoisotopic (exact) mass is 300 g/mol. The van der Waals surface area contributed by atoms with Crippen molar-refractivity contribution < 1.29 is 4.39 Å². The second-order valence-electron chi connectivity index (χ2n) is 5.92. The van der Waals surface area contributed by atoms with E-state index in [9.17, 15) is 9.18 Å². The van der Waals surface area contributed by atoms with Gasteiger partial charge in [-0.1, -0.05) is 25.3 Å². The number of nitrogens with zero attached hydrogens (tertiary/aromatic N) is 1. The molecule has 1 aliphatic rings. The van der Waals surface area contributed by atoms with Crippen LogP contribution in [-0.2, 0) is 6.54 Å². The first kappa shape index (κ1) is 15.0. The van der Waals surface area contributed by atoms with E-state index in [2.05, 4.69) is 0 Å². The molecule has 0 bridgehead atoms. The molecule has 116 valence electrons. The summed E-state index contributed by atoms with van der Waals surface area (Å²) in [6.45, 7) is 0.245. The van der Waals surface area contributed by atoms with Gasteiger partial charge in [-0.15, -0.1) is 0 Å². The van der Waals surface area contributed by atoms with Gasteiger partial charge in [-0.2, -0.15) is 0 Å². The fourth-order valence-corrected chi connectivity index (χ4v) is 3.31. The maximum absolute atomic E-state index is 13.2. The largest absolute Gasteiger partial charge is 0.326 e. The van der Waals surface area contributed by atoms with Crippen molar-refractivity contribution in [3.05, 3.63) is 58.1 Å². The molecule has 0 radical (unpaired) electrons. The van der Waals surface area contributed by atoms with E-state index in [1.165, 1.54) is 18.6 Å². The van der Waals surface area contributed by atoms with E-state index in [1.54, 1.807) is 18.2 Å². The Morgan fingerprint density at radius 1 is 1.05 bits per heavy atom. The van der Waals surface area contributed by atoms with Crippen molar-refractivity contribution in [2.75, 3.05) is 0 Å². The summed E-state index contributed by atoms with van der Waals surface area (Å²) >= 11 is 0. The molecule has 1 heterocycles. The van der Waals surface area contributed by atoms with Crippen molar-refractivity contribution >= 4 is 0 Å². The highest BCUT2D eigenvalue weighted by atomic mass is 19.1. The van der Waals surface area contributed by atoms with E-state index < -0.39 is 0 Å². The molecular formula is C18H21FN2O. The molecule has 2 aromatic rings. The van der Waals surface area contributed by atoms with Crippen molar-refractivity contribution in [3.8, 4) is 11.3 Å². The maximum atomic E-state index is 13.2. The van der Waals surface area contributed by atoms with Crippen LogP contribution in [0.1, 0.15) is 43.7 Å². The Hall–Kier alpha value is -1.94. The molecule has 0 saturated heterocycles. The quantitative estimate of drug-likeness (QED) is 0.941. The van der Waals surface area contributed by atoms with E-state index in [4.69, 9.17) is 5.73 Å². The molecule has 0 amide bonds. The second-order valence-corrected chi connectivity index (χ2v) is 5.92. The van der Waals surface area contributed by atoms with Gasteiger partial charge in [0, 0.05) is 18.2 Å². The van der Waals surface area contributed by atoms with Crippen LogP contribution in [0.3, 0.4) is 0 Å². The van der Waals surface area contributed by atoms with Crippen molar-refractivity contribution in [2.24, 2.45) is 5.73 Å². The summed E-state index contributed by atoms with van der Waals surface area (Å²) < 4.78 is 15.1. The Balaban J connectivity index is 2.14. The highest BCUT2D eigenvalue weighted by Crippen LogP contribution is 2.31. The van der Waals surface area contributed by atoms with Gasteiger partial charge in [0.05, 0.1) is 5.69 Å². The van der Waals surface area contributed by atoms with E-state index >= 15 is 0 Å². The molecule has 1 aromatic heterocycles. The number of halogens is 1. The van der Waals surface area contributed by atoms with Gasteiger partial charge in [-0.05, 0) is 48.7 Å². The molecule has 1 fully saturated rings. The lowest BCUT2D eigenvalue weighted by molar-refractivity contribution is 0.348. The molecule has 1 aliphatic carbocycles. The third-order valence-electron chi connectivity index (χ3n) is 4.50. The lowest BCUT2D eigenvalue weighted by Crippen LogP contribution is -2.31. The van der Waals surface area contributed by atoms with Gasteiger partial charge >= 0.3 is 0 Å². The Morgan fingerprint density at radius 2 is 1.73 bits per heavy atom. The number of nitrogens with two attached hydrogens (primary N) is 1. The number of hydrogen-bond donors (Lipinski definition) is 1. The lowest BCUT2D eigenvalue weighted by Gasteiger charge is -2.27. The number of aromatic nitrogens is 1. The van der Waals surface area contributed by atoms with Crippen LogP contribution in [0, 0.1) is 5.82 Å². The van der Waals surface area contributed by atoms with Gasteiger partial charge in [-0.25, -0.2) is 4.39 Å². The van der Waals surface area contributed by atoms with Crippen LogP contribution in [0.4, 0.5) is 4.39 Å². The Labute approximate surface area is 129 Å². The zero-order valence-corrected chi connectivity index (χ0v) is 12.6. The molecule has 1 aromatic carbocycles. The summed E-state index contributed by atoms with van der Waals surface area (Å²) in [7, 11) is 0. The van der Waals surface area contributed by atoms with E-state index in [-0.39, 0.29) is 24.0 Å². The first-order valence-corrected chi connectivity index (χ1v) is 7.91. The normalized spacial score (nSPS) is 15.9. The fraction of sp³-hybridized carbons (Fsp3) is 0.389. The Kier molecular flexibility index (Phi) is 4.39. The average Bonchev–Trinajstić information content (AvgIpc) is 2.56. The molecule has 4 heteroatoms. The number of benzene rings is 1. The minimum absolute atomic E-state index is 0.00350. The van der Waals surface area contributed by atoms with Gasteiger partial charge < -0.3 is 10.3 Å². The predicted octanol–water partition coefficient (Wildman–Crippen LogP) is 3.62. The minimum atomic E-state index is -0.270. The van der Waals surface area contributed by atoms with Crippen molar-refractivity contribution in [2.45, 2.75) is 44.7 Å². The highest BCUT2D eigenvalue weighted by Gasteiger charge is 2.20. The predicted molar refractivity (Wildman–Crippen MR) is 86.1 cm³/mol. The van der Waals surface area contributed by atoms with E-state index in [0.717, 1.165) is 36.9 Å². The molecule has 0 unspecified atom stereocenters. The topological polar surface area (TPSA) is 48.0 Å². The molecule has 2 N–H and O–H groups in total. The molecule has 0 atom stereocenters. The van der Waals surface area contributed by atoms with Crippen LogP contribution in [0.15, 0.2) is 41.2 Å². The second kappa shape index (κ2) is 6.44. The summed E-state index contributed by atoms with van der Waals surface area (Å²) in [5.74, 6) is -0.270. The fourth-order valence-electron chi connectivity index (χ4n) is 3.31. The van der Waals surface area contributed by atoms with E-state index in [1.807, 2.05) is 10.6 Å². The lowest BCUT2D eigenvalue weighted by atomic mass is 9.94. The van der Waals surface area contributed by atoms with Gasteiger partial charge in [0.2, 0.25) is 0 Å². The standard InChI is InChI=1S/C18H21FN2O/c19-15-9-6-13(7-10-15)17-11-8-14(12-20)18(22)21(17)16-4-2-1-3-5-16/h6-11,16H,1-5,12,20H2. The Morgan fingerprint density at radius 3 is 2.36 bits per heavy atom. The zero-order valence-electron chi connectivity index (χ0n) is 12.6. The Bertz CT molecular complexity index is 700. The van der Waals surface area contributed by atoms with Gasteiger partial charge in [-0.3, -0.25) is 4.79 Å². The summed E-state index contributed by atoms with van der Waals surface area (Å²) in [5.41, 5.74) is 8.05. The van der Waals surface area contributed by atoms with Crippen LogP contribution < -0.4 is 11.3 Å². The number of pyridine rings is 1. The summed E-state index contributed by atoms with van der Waals surface area (Å²) in [4.78, 5) is 12.8. The first-order valence-electron chi connectivity index (χ1n) is 7.91. The van der Waals surface area contributed by atoms with Crippen molar-refractivity contribution in [1.29, 1.82) is 0 Å². The molecular weight excluding hydrogens is 279 g/mol. The van der Waals surface area contributed by atoms with Crippen LogP contribution >= 0.6 is 0 Å². The average molecular weight is 300 g/mol. The molecule has 1 saturated carbocycles. The summed E-state index contributed by atoms with van der Waals surface area (Å²) in [6, 6.07) is 10.3. The van der Waals surface area contributed by atoms with Crippen LogP contribution in [0.25, 0.3) is 11.3 Å². The maximum Gasteiger partial charge on any atom is 0.255 e. The van der Waals surface area contributed by atoms with Crippen molar-refractivity contribution in [3.63, 3.8) is 0 Å². The zero-order chi connectivity index (χ0) is 15.5. The molecule has 22 heavy (non-hydrogen) atoms. The molecule has 3 nitrogen and oxygen atoms in total. The number of hydrogen-bond acceptors (Lipinski definition) is 2. The molecule has 3 rings (SSSR count). The first-order chi connectivity index (χ1) is 10.7. The summed E-state index contributed by atoms with van der Waals surface area (Å²) in [6.07, 6.45) is 5.55.